The fourth-order valence-electron chi connectivity index (χ4n) is 3.08. The molecule has 1 aromatic heterocycles. The van der Waals surface area contributed by atoms with E-state index in [0.717, 1.165) is 60.4 Å². The van der Waals surface area contributed by atoms with Gasteiger partial charge in [0.1, 0.15) is 11.6 Å². The standard InChI is InChI=1S/C21H25N3O2/c1-17-8-2-5-11-20(17)26-15-7-6-14-24-19-10-4-3-9-18(19)23-21(24)12-13-22-16-25/h2-5,8-11,16H,6-7,12-15H2,1H3,(H,22,25). The Morgan fingerprint density at radius 1 is 1.12 bits per heavy atom. The van der Waals surface area contributed by atoms with E-state index >= 15 is 0 Å². The minimum atomic E-state index is 0.600. The SMILES string of the molecule is Cc1ccccc1OCCCCn1c(CCNC=O)nc2ccccc21. The lowest BCUT2D eigenvalue weighted by Crippen LogP contribution is -2.17. The molecule has 2 aromatic carbocycles. The first kappa shape index (κ1) is 18.0. The van der Waals surface area contributed by atoms with Crippen LogP contribution in [0.4, 0.5) is 0 Å². The molecule has 0 unspecified atom stereocenters. The van der Waals surface area contributed by atoms with Crippen LogP contribution in [0.5, 0.6) is 5.75 Å². The summed E-state index contributed by atoms with van der Waals surface area (Å²) < 4.78 is 8.14. The van der Waals surface area contributed by atoms with E-state index in [9.17, 15) is 4.79 Å². The van der Waals surface area contributed by atoms with Gasteiger partial charge in [0, 0.05) is 19.5 Å². The molecule has 136 valence electrons. The molecule has 0 aliphatic heterocycles. The van der Waals surface area contributed by atoms with Crippen molar-refractivity contribution in [2.45, 2.75) is 32.7 Å². The molecule has 1 N–H and O–H groups in total. The average Bonchev–Trinajstić information content (AvgIpc) is 3.01. The van der Waals surface area contributed by atoms with Crippen LogP contribution >= 0.6 is 0 Å². The highest BCUT2D eigenvalue weighted by Crippen LogP contribution is 2.19. The lowest BCUT2D eigenvalue weighted by molar-refractivity contribution is -0.109. The Labute approximate surface area is 154 Å². The highest BCUT2D eigenvalue weighted by molar-refractivity contribution is 5.75. The summed E-state index contributed by atoms with van der Waals surface area (Å²) in [6.07, 6.45) is 3.45. The number of imidazole rings is 1. The van der Waals surface area contributed by atoms with E-state index in [0.29, 0.717) is 13.2 Å². The molecule has 0 saturated heterocycles. The zero-order valence-electron chi connectivity index (χ0n) is 15.1. The van der Waals surface area contributed by atoms with Crippen LogP contribution in [0, 0.1) is 6.92 Å². The Morgan fingerprint density at radius 3 is 2.77 bits per heavy atom. The van der Waals surface area contributed by atoms with Crippen LogP contribution in [-0.4, -0.2) is 29.1 Å². The molecule has 1 amide bonds. The number of fused-ring (bicyclic) bond motifs is 1. The number of aryl methyl sites for hydroxylation is 2. The van der Waals surface area contributed by atoms with Gasteiger partial charge in [-0.15, -0.1) is 0 Å². The number of nitrogens with zero attached hydrogens (tertiary/aromatic N) is 2. The first-order valence-corrected chi connectivity index (χ1v) is 9.09. The molecule has 0 radical (unpaired) electrons. The van der Waals surface area contributed by atoms with Crippen LogP contribution in [-0.2, 0) is 17.8 Å². The molecular weight excluding hydrogens is 326 g/mol. The Morgan fingerprint density at radius 2 is 1.92 bits per heavy atom. The number of carbonyl (C=O) groups excluding carboxylic acids is 1. The zero-order chi connectivity index (χ0) is 18.2. The van der Waals surface area contributed by atoms with Gasteiger partial charge < -0.3 is 14.6 Å². The lowest BCUT2D eigenvalue weighted by Gasteiger charge is -2.11. The highest BCUT2D eigenvalue weighted by atomic mass is 16.5. The van der Waals surface area contributed by atoms with Gasteiger partial charge in [0.25, 0.3) is 0 Å². The largest absolute Gasteiger partial charge is 0.493 e. The summed E-state index contributed by atoms with van der Waals surface area (Å²) >= 11 is 0. The quantitative estimate of drug-likeness (QED) is 0.449. The summed E-state index contributed by atoms with van der Waals surface area (Å²) in [6, 6.07) is 16.3. The third kappa shape index (κ3) is 4.42. The second-order valence-corrected chi connectivity index (χ2v) is 6.31. The fourth-order valence-corrected chi connectivity index (χ4v) is 3.08. The Bertz CT molecular complexity index is 857. The second kappa shape index (κ2) is 9.04. The topological polar surface area (TPSA) is 56.1 Å². The monoisotopic (exact) mass is 351 g/mol. The van der Waals surface area contributed by atoms with Gasteiger partial charge in [-0.05, 0) is 43.5 Å². The number of unbranched alkanes of at least 4 members (excludes halogenated alkanes) is 1. The number of nitrogens with one attached hydrogen (secondary N) is 1. The van der Waals surface area contributed by atoms with Crippen molar-refractivity contribution in [3.63, 3.8) is 0 Å². The average molecular weight is 351 g/mol. The Kier molecular flexibility index (Phi) is 6.25. The number of para-hydroxylation sites is 3. The van der Waals surface area contributed by atoms with Gasteiger partial charge in [0.2, 0.25) is 6.41 Å². The molecule has 0 bridgehead atoms. The number of rotatable bonds is 10. The molecule has 0 atom stereocenters. The highest BCUT2D eigenvalue weighted by Gasteiger charge is 2.09. The van der Waals surface area contributed by atoms with Crippen molar-refractivity contribution < 1.29 is 9.53 Å². The van der Waals surface area contributed by atoms with Gasteiger partial charge in [0.05, 0.1) is 17.6 Å². The maximum atomic E-state index is 10.5. The number of ether oxygens (including phenoxy) is 1. The van der Waals surface area contributed by atoms with E-state index in [2.05, 4.69) is 28.9 Å². The lowest BCUT2D eigenvalue weighted by atomic mass is 10.2. The van der Waals surface area contributed by atoms with Gasteiger partial charge in [-0.3, -0.25) is 4.79 Å². The molecule has 0 aliphatic carbocycles. The first-order valence-electron chi connectivity index (χ1n) is 9.09. The van der Waals surface area contributed by atoms with E-state index < -0.39 is 0 Å². The second-order valence-electron chi connectivity index (χ2n) is 6.31. The Hall–Kier alpha value is -2.82. The Balaban J connectivity index is 1.58. The zero-order valence-corrected chi connectivity index (χ0v) is 15.1. The van der Waals surface area contributed by atoms with Gasteiger partial charge in [-0.2, -0.15) is 0 Å². The predicted octanol–water partition coefficient (Wildman–Crippen LogP) is 3.49. The molecular formula is C21H25N3O2. The summed E-state index contributed by atoms with van der Waals surface area (Å²) in [7, 11) is 0. The van der Waals surface area contributed by atoms with Gasteiger partial charge in [-0.1, -0.05) is 30.3 Å². The van der Waals surface area contributed by atoms with Crippen LogP contribution in [0.25, 0.3) is 11.0 Å². The van der Waals surface area contributed by atoms with E-state index in [1.807, 2.05) is 36.4 Å². The van der Waals surface area contributed by atoms with Crippen molar-refractivity contribution >= 4 is 17.4 Å². The van der Waals surface area contributed by atoms with Crippen molar-refractivity contribution in [3.8, 4) is 5.75 Å². The molecule has 0 spiro atoms. The summed E-state index contributed by atoms with van der Waals surface area (Å²) in [5, 5.41) is 2.71. The number of amides is 1. The molecule has 3 rings (SSSR count). The van der Waals surface area contributed by atoms with Gasteiger partial charge in [-0.25, -0.2) is 4.98 Å². The first-order chi connectivity index (χ1) is 12.8. The molecule has 0 fully saturated rings. The van der Waals surface area contributed by atoms with E-state index in [-0.39, 0.29) is 0 Å². The van der Waals surface area contributed by atoms with Crippen LogP contribution in [0.15, 0.2) is 48.5 Å². The van der Waals surface area contributed by atoms with Gasteiger partial charge in [0.15, 0.2) is 0 Å². The molecule has 1 heterocycles. The normalized spacial score (nSPS) is 10.8. The molecule has 3 aromatic rings. The smallest absolute Gasteiger partial charge is 0.207 e. The molecule has 5 nitrogen and oxygen atoms in total. The number of aromatic nitrogens is 2. The number of hydrogen-bond acceptors (Lipinski definition) is 3. The summed E-state index contributed by atoms with van der Waals surface area (Å²) in [5.74, 6) is 1.97. The third-order valence-electron chi connectivity index (χ3n) is 4.44. The number of benzene rings is 2. The molecule has 26 heavy (non-hydrogen) atoms. The third-order valence-corrected chi connectivity index (χ3v) is 4.44. The van der Waals surface area contributed by atoms with Crippen molar-refractivity contribution in [2.24, 2.45) is 0 Å². The van der Waals surface area contributed by atoms with E-state index in [1.54, 1.807) is 0 Å². The molecule has 5 heteroatoms. The van der Waals surface area contributed by atoms with Crippen LogP contribution in [0.2, 0.25) is 0 Å². The summed E-state index contributed by atoms with van der Waals surface area (Å²) in [6.45, 7) is 4.27. The maximum Gasteiger partial charge on any atom is 0.207 e. The van der Waals surface area contributed by atoms with Crippen molar-refractivity contribution in [1.82, 2.24) is 14.9 Å². The summed E-state index contributed by atoms with van der Waals surface area (Å²) in [5.41, 5.74) is 3.32. The van der Waals surface area contributed by atoms with Crippen LogP contribution in [0.3, 0.4) is 0 Å². The van der Waals surface area contributed by atoms with E-state index in [4.69, 9.17) is 9.72 Å². The molecule has 0 saturated carbocycles. The minimum Gasteiger partial charge on any atom is -0.493 e. The van der Waals surface area contributed by atoms with Gasteiger partial charge >= 0.3 is 0 Å². The van der Waals surface area contributed by atoms with Crippen molar-refractivity contribution in [2.75, 3.05) is 13.2 Å². The van der Waals surface area contributed by atoms with Crippen LogP contribution in [0.1, 0.15) is 24.2 Å². The van der Waals surface area contributed by atoms with Crippen molar-refractivity contribution in [3.05, 3.63) is 59.9 Å². The number of carbonyl (C=O) groups is 1. The maximum absolute atomic E-state index is 10.5. The van der Waals surface area contributed by atoms with Crippen LogP contribution < -0.4 is 10.1 Å². The number of hydrogen-bond donors (Lipinski definition) is 1. The molecule has 0 aliphatic rings. The van der Waals surface area contributed by atoms with Crippen molar-refractivity contribution in [1.29, 1.82) is 0 Å². The fraction of sp³-hybridized carbons (Fsp3) is 0.333. The minimum absolute atomic E-state index is 0.600. The predicted molar refractivity (Wildman–Crippen MR) is 103 cm³/mol. The summed E-state index contributed by atoms with van der Waals surface area (Å²) in [4.78, 5) is 15.2. The van der Waals surface area contributed by atoms with E-state index in [1.165, 1.54) is 0 Å².